The summed E-state index contributed by atoms with van der Waals surface area (Å²) in [7, 11) is 0. The number of Topliss-reactive ketones (excluding diaryl/α,β-unsaturated/α-hetero) is 2. The molecule has 0 spiro atoms. The lowest BCUT2D eigenvalue weighted by molar-refractivity contribution is -0.145. The van der Waals surface area contributed by atoms with Crippen molar-refractivity contribution < 1.29 is 29.1 Å². The number of hydrogen-bond acceptors (Lipinski definition) is 8. The zero-order chi connectivity index (χ0) is 30.2. The smallest absolute Gasteiger partial charge is 0.332 e. The van der Waals surface area contributed by atoms with Gasteiger partial charge in [-0.1, -0.05) is 25.1 Å². The molecule has 0 bridgehead atoms. The average molecular weight is 610 g/mol. The molecule has 2 amide bonds. The molecule has 0 aromatic heterocycles. The molecule has 0 radical (unpaired) electrons. The molecular formula is C31H35N3O6S2. The summed E-state index contributed by atoms with van der Waals surface area (Å²) >= 11 is 5.98. The summed E-state index contributed by atoms with van der Waals surface area (Å²) in [5.41, 5.74) is 8.05. The molecule has 2 heterocycles. The SMILES string of the molecule is CC1C(CCC(=O)C(=NC=O)C2CSC3(N)CC3C2)C(=O)C1/C(C(=O)O)=C(/C=C1\CCN(c2ccccc2)C1=O)CS. The van der Waals surface area contributed by atoms with Crippen LogP contribution in [0.15, 0.2) is 58.1 Å². The van der Waals surface area contributed by atoms with Crippen LogP contribution in [-0.4, -0.2) is 63.6 Å². The highest BCUT2D eigenvalue weighted by atomic mass is 32.2. The Morgan fingerprint density at radius 3 is 2.62 bits per heavy atom. The number of rotatable bonds is 11. The number of ketones is 2. The molecule has 9 nitrogen and oxygen atoms in total. The van der Waals surface area contributed by atoms with Crippen LogP contribution in [0.25, 0.3) is 0 Å². The number of benzene rings is 1. The van der Waals surface area contributed by atoms with Crippen LogP contribution in [0.3, 0.4) is 0 Å². The van der Waals surface area contributed by atoms with Crippen LogP contribution in [0.2, 0.25) is 0 Å². The summed E-state index contributed by atoms with van der Waals surface area (Å²) in [5, 5.41) is 10.2. The van der Waals surface area contributed by atoms with E-state index in [4.69, 9.17) is 5.73 Å². The summed E-state index contributed by atoms with van der Waals surface area (Å²) in [4.78, 5) is 68.6. The monoisotopic (exact) mass is 609 g/mol. The van der Waals surface area contributed by atoms with E-state index < -0.39 is 17.8 Å². The molecule has 42 heavy (non-hydrogen) atoms. The van der Waals surface area contributed by atoms with E-state index in [1.165, 1.54) is 0 Å². The van der Waals surface area contributed by atoms with E-state index in [1.807, 2.05) is 37.3 Å². The lowest BCUT2D eigenvalue weighted by Gasteiger charge is -2.42. The maximum absolute atomic E-state index is 13.3. The lowest BCUT2D eigenvalue weighted by atomic mass is 9.59. The summed E-state index contributed by atoms with van der Waals surface area (Å²) in [6.07, 6.45) is 4.37. The number of carbonyl (C=O) groups is 5. The second-order valence-electron chi connectivity index (χ2n) is 11.6. The van der Waals surface area contributed by atoms with Gasteiger partial charge < -0.3 is 15.7 Å². The van der Waals surface area contributed by atoms with Gasteiger partial charge in [0.25, 0.3) is 5.91 Å². The first kappa shape index (κ1) is 30.4. The molecule has 6 unspecified atom stereocenters. The highest BCUT2D eigenvalue weighted by Crippen LogP contribution is 2.57. The van der Waals surface area contributed by atoms with Crippen molar-refractivity contribution >= 4 is 65.6 Å². The first-order valence-corrected chi connectivity index (χ1v) is 15.9. The maximum Gasteiger partial charge on any atom is 0.332 e. The molecule has 6 atom stereocenters. The standard InChI is InChI=1S/C31H35N3O6S2/c1-17-23(7-8-24(36)27(33-16-35)20-12-21-13-31(21,32)42-15-20)28(37)25(17)26(30(39)40)19(14-41)11-18-9-10-34(29(18)38)22-5-3-2-4-6-22/h2-6,11,16-17,20-21,23,25,41H,7-10,12-15,32H2,1H3,(H,39,40)/b18-11+,26-19+,33-27?. The average Bonchev–Trinajstić information content (AvgIpc) is 3.53. The Morgan fingerprint density at radius 1 is 1.26 bits per heavy atom. The first-order chi connectivity index (χ1) is 20.1. The number of carbonyl (C=O) groups excluding carboxylic acids is 4. The van der Waals surface area contributed by atoms with Gasteiger partial charge in [0.2, 0.25) is 6.41 Å². The minimum atomic E-state index is -1.22. The van der Waals surface area contributed by atoms with E-state index >= 15 is 0 Å². The molecule has 1 aromatic carbocycles. The number of carboxylic acids is 1. The molecule has 2 aliphatic heterocycles. The minimum Gasteiger partial charge on any atom is -0.478 e. The highest BCUT2D eigenvalue weighted by molar-refractivity contribution is 8.01. The van der Waals surface area contributed by atoms with E-state index in [0.717, 1.165) is 18.5 Å². The van der Waals surface area contributed by atoms with Gasteiger partial charge in [0.05, 0.1) is 22.1 Å². The van der Waals surface area contributed by atoms with E-state index in [0.29, 0.717) is 42.2 Å². The summed E-state index contributed by atoms with van der Waals surface area (Å²) in [6.45, 7) is 2.30. The van der Waals surface area contributed by atoms with E-state index in [9.17, 15) is 29.1 Å². The van der Waals surface area contributed by atoms with E-state index in [1.54, 1.807) is 22.7 Å². The summed E-state index contributed by atoms with van der Waals surface area (Å²) < 4.78 is 0. The first-order valence-electron chi connectivity index (χ1n) is 14.2. The van der Waals surface area contributed by atoms with Crippen LogP contribution in [0, 0.1) is 29.6 Å². The number of carboxylic acid groups (broad SMARTS) is 1. The number of aliphatic carboxylic acids is 1. The van der Waals surface area contributed by atoms with Crippen molar-refractivity contribution in [3.05, 3.63) is 53.1 Å². The van der Waals surface area contributed by atoms with Crippen LogP contribution < -0.4 is 10.6 Å². The lowest BCUT2D eigenvalue weighted by Crippen LogP contribution is -2.49. The van der Waals surface area contributed by atoms with Gasteiger partial charge in [-0.25, -0.2) is 9.79 Å². The van der Waals surface area contributed by atoms with Gasteiger partial charge in [-0.15, -0.1) is 11.8 Å². The molecule has 222 valence electrons. The molecule has 5 rings (SSSR count). The number of aliphatic imine (C=N–C) groups is 1. The largest absolute Gasteiger partial charge is 0.478 e. The van der Waals surface area contributed by atoms with Crippen molar-refractivity contribution in [2.45, 2.75) is 43.9 Å². The molecule has 11 heteroatoms. The van der Waals surface area contributed by atoms with Crippen LogP contribution in [0.5, 0.6) is 0 Å². The Morgan fingerprint density at radius 2 is 2.00 bits per heavy atom. The third-order valence-corrected chi connectivity index (χ3v) is 11.1. The van der Waals surface area contributed by atoms with Crippen molar-refractivity contribution in [3.8, 4) is 0 Å². The Balaban J connectivity index is 1.27. The maximum atomic E-state index is 13.3. The third-order valence-electron chi connectivity index (χ3n) is 9.20. The molecule has 4 fully saturated rings. The number of thioether (sulfide) groups is 1. The summed E-state index contributed by atoms with van der Waals surface area (Å²) in [5.74, 6) is -2.68. The fraction of sp³-hybridized carbons (Fsp3) is 0.484. The van der Waals surface area contributed by atoms with E-state index in [2.05, 4.69) is 17.6 Å². The van der Waals surface area contributed by atoms with E-state index in [-0.39, 0.29) is 64.1 Å². The number of para-hydroxylation sites is 1. The molecule has 1 aromatic rings. The van der Waals surface area contributed by atoms with Gasteiger partial charge in [0, 0.05) is 47.6 Å². The van der Waals surface area contributed by atoms with Crippen LogP contribution >= 0.6 is 24.4 Å². The summed E-state index contributed by atoms with van der Waals surface area (Å²) in [6, 6.07) is 9.26. The fourth-order valence-corrected chi connectivity index (χ4v) is 8.40. The zero-order valence-corrected chi connectivity index (χ0v) is 25.1. The molecule has 2 saturated carbocycles. The predicted molar refractivity (Wildman–Crippen MR) is 164 cm³/mol. The van der Waals surface area contributed by atoms with Gasteiger partial charge in [0.1, 0.15) is 5.78 Å². The molecular weight excluding hydrogens is 574 g/mol. The number of fused-ring (bicyclic) bond motifs is 1. The molecule has 3 N–H and O–H groups in total. The molecule has 4 aliphatic rings. The quantitative estimate of drug-likeness (QED) is 0.150. The van der Waals surface area contributed by atoms with Gasteiger partial charge in [-0.3, -0.25) is 19.2 Å². The minimum absolute atomic E-state index is 0.0410. The Hall–Kier alpha value is -3.02. The second kappa shape index (κ2) is 12.3. The van der Waals surface area contributed by atoms with Gasteiger partial charge in [-0.2, -0.15) is 12.6 Å². The predicted octanol–water partition coefficient (Wildman–Crippen LogP) is 3.49. The highest BCUT2D eigenvalue weighted by Gasteiger charge is 2.56. The number of thiol groups is 1. The Kier molecular flexibility index (Phi) is 8.91. The third kappa shape index (κ3) is 5.78. The molecule has 2 aliphatic carbocycles. The number of allylic oxidation sites excluding steroid dienone is 1. The second-order valence-corrected chi connectivity index (χ2v) is 13.3. The van der Waals surface area contributed by atoms with Crippen LogP contribution in [0.4, 0.5) is 5.69 Å². The van der Waals surface area contributed by atoms with Crippen molar-refractivity contribution in [2.24, 2.45) is 40.3 Å². The van der Waals surface area contributed by atoms with Crippen LogP contribution in [-0.2, 0) is 24.0 Å². The van der Waals surface area contributed by atoms with Crippen molar-refractivity contribution in [1.82, 2.24) is 0 Å². The Bertz CT molecular complexity index is 1410. The number of amides is 2. The van der Waals surface area contributed by atoms with Crippen molar-refractivity contribution in [3.63, 3.8) is 0 Å². The van der Waals surface area contributed by atoms with Crippen molar-refractivity contribution in [1.29, 1.82) is 0 Å². The normalized spacial score (nSPS) is 32.3. The number of nitrogens with zero attached hydrogens (tertiary/aromatic N) is 2. The van der Waals surface area contributed by atoms with Gasteiger partial charge in [0.15, 0.2) is 5.78 Å². The number of hydrogen-bond donors (Lipinski definition) is 3. The molecule has 2 saturated heterocycles. The number of anilines is 1. The van der Waals surface area contributed by atoms with Gasteiger partial charge in [-0.05, 0) is 61.3 Å². The van der Waals surface area contributed by atoms with Gasteiger partial charge >= 0.3 is 5.97 Å². The van der Waals surface area contributed by atoms with Crippen LogP contribution in [0.1, 0.15) is 39.0 Å². The number of nitrogens with two attached hydrogens (primary N) is 1. The zero-order valence-electron chi connectivity index (χ0n) is 23.4. The van der Waals surface area contributed by atoms with Crippen molar-refractivity contribution in [2.75, 3.05) is 23.0 Å². The topological polar surface area (TPSA) is 147 Å². The Labute approximate surface area is 254 Å². The fourth-order valence-electron chi connectivity index (χ4n) is 6.68.